The SMILES string of the molecule is FC(F)(F)C(F)(F)C(F)(F)C(F)(F)P(F)(F)(C(F)(F)C(F)(F)C(F)(F)C(F)(F)F)C(F)(F)C(F)(F)C(F)(F)C(F)(F)F. The average molecular weight is 726 g/mol. The topological polar surface area (TPSA) is 0 Å². The zero-order chi connectivity index (χ0) is 35.4. The van der Waals surface area contributed by atoms with Gasteiger partial charge in [-0.1, -0.05) is 0 Å². The van der Waals surface area contributed by atoms with E-state index in [1.165, 1.54) is 0 Å². The molecule has 0 radical (unpaired) electrons. The van der Waals surface area contributed by atoms with Gasteiger partial charge >= 0.3 is 205 Å². The van der Waals surface area contributed by atoms with E-state index in [-0.39, 0.29) is 0 Å². The Hall–Kier alpha value is -1.60. The van der Waals surface area contributed by atoms with Crippen LogP contribution < -0.4 is 0 Å². The van der Waals surface area contributed by atoms with E-state index in [1.54, 1.807) is 0 Å². The molecule has 0 unspecified atom stereocenters. The van der Waals surface area contributed by atoms with Crippen LogP contribution in [0.3, 0.4) is 0 Å². The molecular weight excluding hydrogens is 726 g/mol. The third kappa shape index (κ3) is 4.03. The van der Waals surface area contributed by atoms with E-state index in [0.29, 0.717) is 0 Å². The number of alkyl halides is 27. The Morgan fingerprint density at radius 2 is 0.333 bits per heavy atom. The summed E-state index contributed by atoms with van der Waals surface area (Å²) in [6, 6.07) is 0. The van der Waals surface area contributed by atoms with Gasteiger partial charge in [-0.3, -0.25) is 0 Å². The van der Waals surface area contributed by atoms with Crippen LogP contribution in [-0.4, -0.2) is 71.1 Å². The molecule has 0 nitrogen and oxygen atoms in total. The monoisotopic (exact) mass is 726 g/mol. The normalized spacial score (nSPS) is 18.2. The molecule has 0 rings (SSSR count). The van der Waals surface area contributed by atoms with Gasteiger partial charge in [0.05, 0.1) is 0 Å². The van der Waals surface area contributed by atoms with E-state index < -0.39 is 78.3 Å². The maximum absolute atomic E-state index is 15.1. The second-order valence-corrected chi connectivity index (χ2v) is 11.0. The van der Waals surface area contributed by atoms with E-state index in [0.717, 1.165) is 0 Å². The molecule has 0 atom stereocenters. The molecule has 0 aromatic carbocycles. The standard InChI is InChI=1S/C12F29P/c13-1(14,7(25,26)27)4(19,20)10(34,35)42(40,41,11(36,37)5(21,22)2(15,16)8(28,29)30)12(38,39)6(23,24)3(17,18)9(31,32)33. The Bertz CT molecular complexity index is 886. The first kappa shape index (κ1) is 40.4. The molecule has 0 aliphatic heterocycles. The molecule has 0 aromatic rings. The molecule has 0 amide bonds. The Morgan fingerprint density at radius 3 is 0.429 bits per heavy atom. The van der Waals surface area contributed by atoms with E-state index in [1.807, 2.05) is 0 Å². The van der Waals surface area contributed by atoms with Crippen LogP contribution in [0.5, 0.6) is 0 Å². The number of hydrogen-bond donors (Lipinski definition) is 0. The molecule has 256 valence electrons. The van der Waals surface area contributed by atoms with Gasteiger partial charge in [-0.25, -0.2) is 0 Å². The first-order chi connectivity index (χ1) is 17.3. The van der Waals surface area contributed by atoms with Crippen molar-refractivity contribution in [3.8, 4) is 0 Å². The van der Waals surface area contributed by atoms with E-state index in [4.69, 9.17) is 0 Å². The summed E-state index contributed by atoms with van der Waals surface area (Å²) in [5, 5.41) is 0. The third-order valence-corrected chi connectivity index (χ3v) is 8.67. The summed E-state index contributed by atoms with van der Waals surface area (Å²) in [4.78, 5) is 0. The van der Waals surface area contributed by atoms with Gasteiger partial charge in [-0.15, -0.1) is 0 Å². The van der Waals surface area contributed by atoms with E-state index >= 15 is 0 Å². The first-order valence-corrected chi connectivity index (χ1v) is 10.4. The minimum absolute atomic E-state index is 8.76. The predicted molar refractivity (Wildman–Crippen MR) is 71.8 cm³/mol. The van der Waals surface area contributed by atoms with Crippen LogP contribution >= 0.6 is 7.22 Å². The van der Waals surface area contributed by atoms with Crippen molar-refractivity contribution in [1.29, 1.82) is 0 Å². The molecule has 0 heterocycles. The second kappa shape index (κ2) is 8.99. The van der Waals surface area contributed by atoms with Crippen LogP contribution in [0.2, 0.25) is 0 Å². The van der Waals surface area contributed by atoms with Crippen LogP contribution in [0.1, 0.15) is 0 Å². The fraction of sp³-hybridized carbons (Fsp3) is 1.00. The van der Waals surface area contributed by atoms with Gasteiger partial charge in [0.25, 0.3) is 0 Å². The molecule has 42 heavy (non-hydrogen) atoms. The summed E-state index contributed by atoms with van der Waals surface area (Å²) < 4.78 is 381. The van der Waals surface area contributed by atoms with Gasteiger partial charge in [0.15, 0.2) is 0 Å². The third-order valence-electron chi connectivity index (χ3n) is 4.86. The average Bonchev–Trinajstić information content (AvgIpc) is 2.69. The first-order valence-electron chi connectivity index (χ1n) is 8.36. The van der Waals surface area contributed by atoms with Crippen LogP contribution in [-0.2, 0) is 0 Å². The van der Waals surface area contributed by atoms with Gasteiger partial charge in [-0.05, 0) is 0 Å². The Kier molecular flexibility index (Phi) is 8.65. The Balaban J connectivity index is 8.87. The van der Waals surface area contributed by atoms with E-state index in [9.17, 15) is 127 Å². The molecule has 0 aliphatic carbocycles. The summed E-state index contributed by atoms with van der Waals surface area (Å²) in [5.41, 5.74) is -32.9. The fourth-order valence-corrected chi connectivity index (χ4v) is 5.33. The van der Waals surface area contributed by atoms with Crippen LogP contribution in [0.15, 0.2) is 0 Å². The van der Waals surface area contributed by atoms with Gasteiger partial charge in [0, 0.05) is 0 Å². The Labute approximate surface area is 206 Å². The van der Waals surface area contributed by atoms with E-state index in [2.05, 4.69) is 0 Å². The summed E-state index contributed by atoms with van der Waals surface area (Å²) >= 11 is 0. The molecule has 0 saturated heterocycles. The number of rotatable bonds is 9. The predicted octanol–water partition coefficient (Wildman–Crippen LogP) is 10.6. The number of halogens is 29. The molecular formula is C12F29P. The minimum atomic E-state index is -15.1. The van der Waals surface area contributed by atoms with Crippen LogP contribution in [0.4, 0.5) is 127 Å². The van der Waals surface area contributed by atoms with Crippen molar-refractivity contribution < 1.29 is 127 Å². The van der Waals surface area contributed by atoms with Gasteiger partial charge in [-0.2, -0.15) is 0 Å². The molecule has 0 aromatic heterocycles. The summed E-state index contributed by atoms with van der Waals surface area (Å²) in [5.74, 6) is -58.9. The molecule has 0 spiro atoms. The van der Waals surface area contributed by atoms with Gasteiger partial charge in [0.2, 0.25) is 0 Å². The van der Waals surface area contributed by atoms with Crippen molar-refractivity contribution in [2.24, 2.45) is 0 Å². The molecule has 0 aliphatic rings. The molecule has 0 saturated carbocycles. The quantitative estimate of drug-likeness (QED) is 0.164. The molecule has 0 bridgehead atoms. The van der Waals surface area contributed by atoms with Gasteiger partial charge < -0.3 is 0 Å². The summed E-state index contributed by atoms with van der Waals surface area (Å²) in [7, 11) is -15.1. The van der Waals surface area contributed by atoms with Gasteiger partial charge in [0.1, 0.15) is 0 Å². The zero-order valence-electron chi connectivity index (χ0n) is 17.4. The summed E-state index contributed by atoms with van der Waals surface area (Å²) in [6.07, 6.45) is -26.3. The second-order valence-electron chi connectivity index (χ2n) is 7.47. The van der Waals surface area contributed by atoms with Crippen molar-refractivity contribution in [1.82, 2.24) is 0 Å². The van der Waals surface area contributed by atoms with Crippen molar-refractivity contribution in [2.75, 3.05) is 0 Å². The Morgan fingerprint density at radius 1 is 0.214 bits per heavy atom. The van der Waals surface area contributed by atoms with Crippen molar-refractivity contribution in [3.63, 3.8) is 0 Å². The van der Waals surface area contributed by atoms with Crippen molar-refractivity contribution in [2.45, 2.75) is 71.1 Å². The maximum atomic E-state index is 14.7. The molecule has 0 fully saturated rings. The zero-order valence-corrected chi connectivity index (χ0v) is 18.3. The fourth-order valence-electron chi connectivity index (χ4n) is 2.37. The molecule has 30 heteroatoms. The van der Waals surface area contributed by atoms with Crippen LogP contribution in [0, 0.1) is 0 Å². The molecule has 0 N–H and O–H groups in total. The van der Waals surface area contributed by atoms with Crippen molar-refractivity contribution in [3.05, 3.63) is 0 Å². The van der Waals surface area contributed by atoms with Crippen LogP contribution in [0.25, 0.3) is 0 Å². The summed E-state index contributed by atoms with van der Waals surface area (Å²) in [6.45, 7) is 0. The van der Waals surface area contributed by atoms with Crippen molar-refractivity contribution >= 4 is 7.22 Å². The number of hydrogen-bond acceptors (Lipinski definition) is 0.